The fourth-order valence-electron chi connectivity index (χ4n) is 3.91. The summed E-state index contributed by atoms with van der Waals surface area (Å²) >= 11 is 6.48. The summed E-state index contributed by atoms with van der Waals surface area (Å²) in [5, 5.41) is 6.00. The summed E-state index contributed by atoms with van der Waals surface area (Å²) in [6.07, 6.45) is -4.56. The van der Waals surface area contributed by atoms with Crippen LogP contribution in [0.4, 0.5) is 29.3 Å². The lowest BCUT2D eigenvalue weighted by atomic mass is 9.96. The number of benzene rings is 3. The smallest absolute Gasteiger partial charge is 0.310 e. The molecule has 35 heavy (non-hydrogen) atoms. The van der Waals surface area contributed by atoms with E-state index in [1.165, 1.54) is 16.7 Å². The highest BCUT2D eigenvalue weighted by Crippen LogP contribution is 2.38. The number of fused-ring (bicyclic) bond motifs is 1. The van der Waals surface area contributed by atoms with Crippen molar-refractivity contribution in [3.05, 3.63) is 92.7 Å². The van der Waals surface area contributed by atoms with Crippen LogP contribution < -0.4 is 16.2 Å². The van der Waals surface area contributed by atoms with Crippen LogP contribution in [0.5, 0.6) is 0 Å². The van der Waals surface area contributed by atoms with Crippen LogP contribution in [0, 0.1) is 13.8 Å². The maximum atomic E-state index is 13.4. The average Bonchev–Trinajstić information content (AvgIpc) is 2.79. The van der Waals surface area contributed by atoms with Crippen molar-refractivity contribution >= 4 is 39.9 Å². The fraction of sp³-hybridized carbons (Fsp3) is 0.154. The molecule has 0 bridgehead atoms. The Morgan fingerprint density at radius 3 is 2.31 bits per heavy atom. The van der Waals surface area contributed by atoms with Gasteiger partial charge < -0.3 is 15.2 Å². The van der Waals surface area contributed by atoms with Crippen LogP contribution in [-0.4, -0.2) is 10.6 Å². The van der Waals surface area contributed by atoms with Gasteiger partial charge in [-0.3, -0.25) is 4.79 Å². The molecular weight excluding hydrogens is 479 g/mol. The van der Waals surface area contributed by atoms with Crippen LogP contribution in [0.15, 0.2) is 65.5 Å². The highest BCUT2D eigenvalue weighted by molar-refractivity contribution is 6.34. The van der Waals surface area contributed by atoms with Crippen LogP contribution in [0.2, 0.25) is 5.02 Å². The number of aryl methyl sites for hydroxylation is 3. The Morgan fingerprint density at radius 2 is 1.63 bits per heavy atom. The summed E-state index contributed by atoms with van der Waals surface area (Å²) in [6, 6.07) is 14.1. The molecule has 0 fully saturated rings. The number of aromatic nitrogens is 1. The largest absolute Gasteiger partial charge is 0.416 e. The maximum absolute atomic E-state index is 13.4. The van der Waals surface area contributed by atoms with Gasteiger partial charge in [-0.25, -0.2) is 4.79 Å². The van der Waals surface area contributed by atoms with Crippen molar-refractivity contribution in [2.75, 3.05) is 10.6 Å². The molecule has 4 aromatic rings. The third-order valence-electron chi connectivity index (χ3n) is 5.84. The van der Waals surface area contributed by atoms with Gasteiger partial charge in [0.05, 0.1) is 11.1 Å². The number of carbonyl (C=O) groups is 1. The molecule has 0 spiro atoms. The van der Waals surface area contributed by atoms with Crippen molar-refractivity contribution < 1.29 is 18.0 Å². The number of nitrogens with zero attached hydrogens (tertiary/aromatic N) is 1. The fourth-order valence-corrected chi connectivity index (χ4v) is 4.14. The Labute approximate surface area is 204 Å². The molecule has 0 atom stereocenters. The molecule has 2 N–H and O–H groups in total. The summed E-state index contributed by atoms with van der Waals surface area (Å²) in [7, 11) is 1.59. The highest BCUT2D eigenvalue weighted by atomic mass is 35.5. The van der Waals surface area contributed by atoms with E-state index in [2.05, 4.69) is 10.6 Å². The van der Waals surface area contributed by atoms with E-state index >= 15 is 0 Å². The zero-order valence-corrected chi connectivity index (χ0v) is 19.8. The normalized spacial score (nSPS) is 11.5. The first-order valence-corrected chi connectivity index (χ1v) is 11.0. The number of amides is 2. The number of rotatable bonds is 3. The van der Waals surface area contributed by atoms with Gasteiger partial charge in [-0.2, -0.15) is 13.2 Å². The van der Waals surface area contributed by atoms with Crippen molar-refractivity contribution in [3.63, 3.8) is 0 Å². The number of alkyl halides is 3. The van der Waals surface area contributed by atoms with Crippen molar-refractivity contribution in [3.8, 4) is 11.1 Å². The molecule has 0 unspecified atom stereocenters. The monoisotopic (exact) mass is 499 g/mol. The van der Waals surface area contributed by atoms with E-state index in [1.54, 1.807) is 31.3 Å². The first-order chi connectivity index (χ1) is 16.5. The topological polar surface area (TPSA) is 63.1 Å². The first kappa shape index (κ1) is 24.3. The first-order valence-electron chi connectivity index (χ1n) is 10.6. The van der Waals surface area contributed by atoms with E-state index in [0.717, 1.165) is 23.3 Å². The van der Waals surface area contributed by atoms with Crippen LogP contribution in [0.1, 0.15) is 16.7 Å². The van der Waals surface area contributed by atoms with Gasteiger partial charge in [0, 0.05) is 34.3 Å². The van der Waals surface area contributed by atoms with Crippen molar-refractivity contribution in [2.45, 2.75) is 20.0 Å². The van der Waals surface area contributed by atoms with Crippen LogP contribution in [-0.2, 0) is 13.2 Å². The minimum absolute atomic E-state index is 0.0409. The minimum Gasteiger partial charge on any atom is -0.310 e. The standard InChI is InChI=1S/C26H21ClF3N3O2/c1-14-11-19-21(12-15(14)2)33(3)24(34)23(22(19)18-9-4-5-10-20(18)27)32-25(35)31-17-8-6-7-16(13-17)26(28,29)30/h4-13H,1-3H3,(H2,31,32,35). The number of pyridine rings is 1. The van der Waals surface area contributed by atoms with Crippen LogP contribution in [0.25, 0.3) is 22.0 Å². The molecule has 9 heteroatoms. The number of anilines is 2. The second kappa shape index (κ2) is 9.11. The molecule has 3 aromatic carbocycles. The van der Waals surface area contributed by atoms with Gasteiger partial charge in [0.25, 0.3) is 5.56 Å². The molecule has 0 aliphatic rings. The van der Waals surface area contributed by atoms with Gasteiger partial charge in [0.15, 0.2) is 0 Å². The summed E-state index contributed by atoms with van der Waals surface area (Å²) in [6.45, 7) is 3.87. The zero-order chi connectivity index (χ0) is 25.5. The number of hydrogen-bond donors (Lipinski definition) is 2. The van der Waals surface area contributed by atoms with E-state index in [1.807, 2.05) is 26.0 Å². The Balaban J connectivity index is 1.86. The van der Waals surface area contributed by atoms with Gasteiger partial charge in [0.2, 0.25) is 0 Å². The van der Waals surface area contributed by atoms with E-state index in [9.17, 15) is 22.8 Å². The van der Waals surface area contributed by atoms with E-state index in [0.29, 0.717) is 27.1 Å². The molecule has 2 amide bonds. The van der Waals surface area contributed by atoms with Crippen molar-refractivity contribution in [2.24, 2.45) is 7.05 Å². The molecule has 1 heterocycles. The lowest BCUT2D eigenvalue weighted by Gasteiger charge is -2.19. The number of carbonyl (C=O) groups excluding carboxylic acids is 1. The van der Waals surface area contributed by atoms with Crippen LogP contribution >= 0.6 is 11.6 Å². The second-order valence-corrected chi connectivity index (χ2v) is 8.61. The molecule has 4 rings (SSSR count). The number of halogens is 4. The summed E-state index contributed by atoms with van der Waals surface area (Å²) in [5.74, 6) is 0. The van der Waals surface area contributed by atoms with Crippen molar-refractivity contribution in [1.29, 1.82) is 0 Å². The second-order valence-electron chi connectivity index (χ2n) is 8.21. The number of hydrogen-bond acceptors (Lipinski definition) is 2. The predicted octanol–water partition coefficient (Wildman–Crippen LogP) is 7.14. The minimum atomic E-state index is -4.56. The molecule has 180 valence electrons. The Kier molecular flexibility index (Phi) is 6.34. The third-order valence-corrected chi connectivity index (χ3v) is 6.17. The summed E-state index contributed by atoms with van der Waals surface area (Å²) < 4.78 is 40.6. The van der Waals surface area contributed by atoms with E-state index in [-0.39, 0.29) is 11.4 Å². The molecule has 0 aliphatic carbocycles. The van der Waals surface area contributed by atoms with Crippen LogP contribution in [0.3, 0.4) is 0 Å². The molecule has 1 aromatic heterocycles. The van der Waals surface area contributed by atoms with Crippen molar-refractivity contribution in [1.82, 2.24) is 4.57 Å². The number of urea groups is 1. The SMILES string of the molecule is Cc1cc2c(-c3ccccc3Cl)c(NC(=O)Nc3cccc(C(F)(F)F)c3)c(=O)n(C)c2cc1C. The molecular formula is C26H21ClF3N3O2. The lowest BCUT2D eigenvalue weighted by Crippen LogP contribution is -2.28. The van der Waals surface area contributed by atoms with Gasteiger partial charge in [-0.15, -0.1) is 0 Å². The maximum Gasteiger partial charge on any atom is 0.416 e. The number of nitrogens with one attached hydrogen (secondary N) is 2. The predicted molar refractivity (Wildman–Crippen MR) is 133 cm³/mol. The molecule has 0 saturated heterocycles. The summed E-state index contributed by atoms with van der Waals surface area (Å²) in [5.41, 5.74) is 2.07. The summed E-state index contributed by atoms with van der Waals surface area (Å²) in [4.78, 5) is 26.2. The molecule has 5 nitrogen and oxygen atoms in total. The molecule has 0 aliphatic heterocycles. The Morgan fingerprint density at radius 1 is 0.943 bits per heavy atom. The quantitative estimate of drug-likeness (QED) is 0.315. The van der Waals surface area contributed by atoms with Gasteiger partial charge in [-0.05, 0) is 61.4 Å². The highest BCUT2D eigenvalue weighted by Gasteiger charge is 2.30. The zero-order valence-electron chi connectivity index (χ0n) is 19.0. The molecule has 0 saturated carbocycles. The molecule has 0 radical (unpaired) electrons. The van der Waals surface area contributed by atoms with E-state index < -0.39 is 23.3 Å². The lowest BCUT2D eigenvalue weighted by molar-refractivity contribution is -0.137. The third kappa shape index (κ3) is 4.74. The average molecular weight is 500 g/mol. The van der Waals surface area contributed by atoms with Gasteiger partial charge in [-0.1, -0.05) is 35.9 Å². The van der Waals surface area contributed by atoms with Gasteiger partial charge in [0.1, 0.15) is 5.69 Å². The van der Waals surface area contributed by atoms with Gasteiger partial charge >= 0.3 is 12.2 Å². The van der Waals surface area contributed by atoms with E-state index in [4.69, 9.17) is 11.6 Å². The Bertz CT molecular complexity index is 1530. The Hall–Kier alpha value is -3.78.